The van der Waals surface area contributed by atoms with Crippen LogP contribution < -0.4 is 38.2 Å². The molecule has 1 heterocycles. The number of benzene rings is 6. The molecule has 0 bridgehead atoms. The minimum Gasteiger partial charge on any atom is -1.00 e. The zero-order chi connectivity index (χ0) is 41.6. The van der Waals surface area contributed by atoms with Gasteiger partial charge in [-0.15, -0.1) is 0 Å². The number of aromatic nitrogens is 1. The molecule has 1 aromatic heterocycles. The van der Waals surface area contributed by atoms with Gasteiger partial charge in [0.05, 0.1) is 11.1 Å². The summed E-state index contributed by atoms with van der Waals surface area (Å²) < 4.78 is 20.2. The van der Waals surface area contributed by atoms with Crippen LogP contribution >= 0.6 is 7.26 Å². The summed E-state index contributed by atoms with van der Waals surface area (Å²) in [6.45, 7) is 10.5. The maximum Gasteiger partial charge on any atom is 0.311 e. The third kappa shape index (κ3) is 9.23. The molecule has 7 rings (SSSR count). The van der Waals surface area contributed by atoms with E-state index in [4.69, 9.17) is 4.74 Å². The number of halogens is 2. The van der Waals surface area contributed by atoms with Crippen molar-refractivity contribution in [3.63, 3.8) is 0 Å². The molecule has 1 atom stereocenters. The van der Waals surface area contributed by atoms with Crippen LogP contribution in [0.5, 0.6) is 0 Å². The number of carbonyl (C=O) groups is 2. The molecule has 0 saturated heterocycles. The molecule has 6 aromatic carbocycles. The van der Waals surface area contributed by atoms with E-state index < -0.39 is 12.7 Å². The van der Waals surface area contributed by atoms with Gasteiger partial charge in [-0.1, -0.05) is 135 Å². The summed E-state index contributed by atoms with van der Waals surface area (Å²) in [7, 11) is -2.58. The standard InChI is InChI=1S/C52H50FN2O3P.BrH/c1-36(2)49(59(42-20-12-7-13-21-42,43-22-14-8-15-23-43)44-24-16-9-17-25-44)47-45(40-30-32-41(53)33-31-40)46(39-18-10-6-11-19-39)48(55-47)50(56)54-34-37-26-28-38(29-27-37)35-58-51(57)52(3,4)5;/h6-33,36,49H,34-35H2,1-5H3,(H-,54,55,56);1H. The highest BCUT2D eigenvalue weighted by Crippen LogP contribution is 2.70. The van der Waals surface area contributed by atoms with Gasteiger partial charge in [0.1, 0.15) is 47.0 Å². The number of carbonyl (C=O) groups excluding carboxylic acids is 2. The van der Waals surface area contributed by atoms with Gasteiger partial charge < -0.3 is 32.0 Å². The van der Waals surface area contributed by atoms with Crippen LogP contribution in [0.4, 0.5) is 4.39 Å². The first-order chi connectivity index (χ1) is 28.5. The van der Waals surface area contributed by atoms with Gasteiger partial charge in [-0.05, 0) is 97.5 Å². The van der Waals surface area contributed by atoms with Gasteiger partial charge in [0.2, 0.25) is 0 Å². The van der Waals surface area contributed by atoms with Gasteiger partial charge in [0.25, 0.3) is 5.91 Å². The van der Waals surface area contributed by atoms with E-state index >= 15 is 0 Å². The summed E-state index contributed by atoms with van der Waals surface area (Å²) in [4.78, 5) is 31.0. The van der Waals surface area contributed by atoms with Gasteiger partial charge in [0, 0.05) is 17.7 Å². The number of esters is 1. The molecule has 306 valence electrons. The second-order valence-electron chi connectivity index (χ2n) is 16.3. The van der Waals surface area contributed by atoms with Crippen LogP contribution in [0.25, 0.3) is 22.3 Å². The molecule has 1 amide bonds. The van der Waals surface area contributed by atoms with Crippen molar-refractivity contribution < 1.29 is 35.7 Å². The average Bonchev–Trinajstić information content (AvgIpc) is 3.65. The van der Waals surface area contributed by atoms with Crippen LogP contribution in [0.1, 0.15) is 67.6 Å². The number of hydrogen-bond acceptors (Lipinski definition) is 3. The van der Waals surface area contributed by atoms with Crippen molar-refractivity contribution in [3.8, 4) is 22.3 Å². The van der Waals surface area contributed by atoms with Crippen LogP contribution in [0.15, 0.2) is 170 Å². The van der Waals surface area contributed by atoms with Crippen molar-refractivity contribution >= 4 is 35.1 Å². The molecular formula is C52H51BrFN2O3P. The molecule has 2 N–H and O–H groups in total. The Kier molecular flexibility index (Phi) is 14.0. The lowest BCUT2D eigenvalue weighted by Gasteiger charge is -2.37. The maximum absolute atomic E-state index is 14.8. The lowest BCUT2D eigenvalue weighted by molar-refractivity contribution is -0.154. The van der Waals surface area contributed by atoms with Gasteiger partial charge in [-0.25, -0.2) is 4.39 Å². The second-order valence-corrected chi connectivity index (χ2v) is 19.8. The number of aromatic amines is 1. The zero-order valence-electron chi connectivity index (χ0n) is 34.7. The molecule has 7 aromatic rings. The lowest BCUT2D eigenvalue weighted by Crippen LogP contribution is -3.00. The van der Waals surface area contributed by atoms with Gasteiger partial charge >= 0.3 is 5.97 Å². The maximum atomic E-state index is 14.8. The molecule has 0 saturated carbocycles. The summed E-state index contributed by atoms with van der Waals surface area (Å²) in [5, 5.41) is 6.88. The van der Waals surface area contributed by atoms with E-state index in [9.17, 15) is 14.0 Å². The third-order valence-corrected chi connectivity index (χ3v) is 15.8. The monoisotopic (exact) mass is 880 g/mol. The second kappa shape index (κ2) is 19.2. The Balaban J connectivity index is 0.00000604. The molecule has 8 heteroatoms. The fraction of sp³-hybridized carbons (Fsp3) is 0.192. The van der Waals surface area contributed by atoms with E-state index in [-0.39, 0.29) is 59.4 Å². The highest BCUT2D eigenvalue weighted by atomic mass is 79.9. The predicted octanol–water partition coefficient (Wildman–Crippen LogP) is 8.20. The number of H-pyrrole nitrogens is 1. The quantitative estimate of drug-likeness (QED) is 0.0908. The summed E-state index contributed by atoms with van der Waals surface area (Å²) >= 11 is 0. The smallest absolute Gasteiger partial charge is 0.311 e. The summed E-state index contributed by atoms with van der Waals surface area (Å²) in [5.41, 5.74) is 5.72. The molecule has 0 aliphatic carbocycles. The molecule has 1 unspecified atom stereocenters. The van der Waals surface area contributed by atoms with Gasteiger partial charge in [-0.2, -0.15) is 0 Å². The van der Waals surface area contributed by atoms with Crippen molar-refractivity contribution in [1.82, 2.24) is 10.3 Å². The minimum absolute atomic E-state index is 0. The highest BCUT2D eigenvalue weighted by Gasteiger charge is 2.56. The zero-order valence-corrected chi connectivity index (χ0v) is 37.1. The van der Waals surface area contributed by atoms with Crippen LogP contribution in [-0.2, 0) is 22.7 Å². The van der Waals surface area contributed by atoms with E-state index in [1.165, 1.54) is 28.0 Å². The molecule has 0 aliphatic heterocycles. The SMILES string of the molecule is CC(C)C(c1[nH]c(C(=O)NCc2ccc(COC(=O)C(C)(C)C)cc2)c(-c2ccccc2)c1-c1ccc(F)cc1)[P+](c1ccccc1)(c1ccccc1)c1ccccc1.[Br-]. The van der Waals surface area contributed by atoms with E-state index in [0.29, 0.717) is 5.69 Å². The normalized spacial score (nSPS) is 12.1. The first-order valence-corrected chi connectivity index (χ1v) is 22.0. The topological polar surface area (TPSA) is 71.2 Å². The molecule has 60 heavy (non-hydrogen) atoms. The fourth-order valence-electron chi connectivity index (χ4n) is 8.00. The Hall–Kier alpha value is -5.62. The van der Waals surface area contributed by atoms with Crippen molar-refractivity contribution in [2.75, 3.05) is 0 Å². The largest absolute Gasteiger partial charge is 1.00 e. The van der Waals surface area contributed by atoms with E-state index in [1.807, 2.05) is 87.5 Å². The van der Waals surface area contributed by atoms with Crippen LogP contribution in [0, 0.1) is 17.2 Å². The Bertz CT molecular complexity index is 2390. The Morgan fingerprint density at radius 2 is 1.08 bits per heavy atom. The Morgan fingerprint density at radius 3 is 1.55 bits per heavy atom. The predicted molar refractivity (Wildman–Crippen MR) is 241 cm³/mol. The van der Waals surface area contributed by atoms with E-state index in [2.05, 4.69) is 115 Å². The number of nitrogens with one attached hydrogen (secondary N) is 2. The van der Waals surface area contributed by atoms with Crippen LogP contribution in [-0.4, -0.2) is 16.9 Å². The molecule has 0 radical (unpaired) electrons. The molecule has 5 nitrogen and oxygen atoms in total. The number of hydrogen-bond donors (Lipinski definition) is 2. The Labute approximate surface area is 364 Å². The third-order valence-electron chi connectivity index (χ3n) is 10.7. The fourth-order valence-corrected chi connectivity index (χ4v) is 13.3. The average molecular weight is 882 g/mol. The van der Waals surface area contributed by atoms with Crippen molar-refractivity contribution in [1.29, 1.82) is 0 Å². The van der Waals surface area contributed by atoms with Crippen LogP contribution in [0.2, 0.25) is 0 Å². The summed E-state index contributed by atoms with van der Waals surface area (Å²) in [6.07, 6.45) is 0. The molecular weight excluding hydrogens is 830 g/mol. The summed E-state index contributed by atoms with van der Waals surface area (Å²) in [5.74, 6) is -0.776. The molecule has 0 fully saturated rings. The van der Waals surface area contributed by atoms with E-state index in [1.54, 1.807) is 0 Å². The Morgan fingerprint density at radius 1 is 0.633 bits per heavy atom. The summed E-state index contributed by atoms with van der Waals surface area (Å²) in [6, 6.07) is 56.6. The van der Waals surface area contributed by atoms with Gasteiger partial charge in [0.15, 0.2) is 0 Å². The first-order valence-electron chi connectivity index (χ1n) is 20.1. The lowest BCUT2D eigenvalue weighted by atomic mass is 9.92. The number of ether oxygens (including phenoxy) is 1. The highest BCUT2D eigenvalue weighted by molar-refractivity contribution is 7.96. The number of rotatable bonds is 13. The van der Waals surface area contributed by atoms with Crippen molar-refractivity contribution in [2.24, 2.45) is 11.3 Å². The molecule has 0 aliphatic rings. The molecule has 0 spiro atoms. The van der Waals surface area contributed by atoms with Crippen molar-refractivity contribution in [3.05, 3.63) is 198 Å². The van der Waals surface area contributed by atoms with Crippen molar-refractivity contribution in [2.45, 2.75) is 53.4 Å². The number of amides is 1. The minimum atomic E-state index is -2.58. The van der Waals surface area contributed by atoms with E-state index in [0.717, 1.165) is 39.1 Å². The first kappa shape index (κ1) is 43.9. The van der Waals surface area contributed by atoms with Gasteiger partial charge in [-0.3, -0.25) is 9.59 Å². The van der Waals surface area contributed by atoms with Crippen LogP contribution in [0.3, 0.4) is 0 Å².